The van der Waals surface area contributed by atoms with Crippen LogP contribution in [0.15, 0.2) is 72.9 Å². The maximum atomic E-state index is 13.3. The topological polar surface area (TPSA) is 222 Å². The van der Waals surface area contributed by atoms with Gasteiger partial charge in [0.25, 0.3) is 23.6 Å². The predicted octanol–water partition coefficient (Wildman–Crippen LogP) is 0.825. The highest BCUT2D eigenvalue weighted by molar-refractivity contribution is 6.07. The molecule has 0 aromatic heterocycles. The Labute approximate surface area is 306 Å². The molecular formula is C36H34N4O14. The van der Waals surface area contributed by atoms with Crippen LogP contribution in [0.25, 0.3) is 0 Å². The van der Waals surface area contributed by atoms with E-state index in [0.717, 1.165) is 0 Å². The first-order chi connectivity index (χ1) is 25.6. The van der Waals surface area contributed by atoms with Gasteiger partial charge in [-0.2, -0.15) is 0 Å². The lowest BCUT2D eigenvalue weighted by atomic mass is 9.77. The maximum Gasteiger partial charge on any atom is 0.432 e. The normalized spacial score (nSPS) is 30.7. The minimum absolute atomic E-state index is 0.103. The Bertz CT molecular complexity index is 1860. The van der Waals surface area contributed by atoms with E-state index in [1.807, 2.05) is 0 Å². The predicted molar refractivity (Wildman–Crippen MR) is 176 cm³/mol. The molecule has 1 aromatic carbocycles. The second-order valence-corrected chi connectivity index (χ2v) is 13.7. The first-order valence-corrected chi connectivity index (χ1v) is 16.8. The largest absolute Gasteiger partial charge is 0.459 e. The van der Waals surface area contributed by atoms with Gasteiger partial charge in [0.05, 0.1) is 35.9 Å². The van der Waals surface area contributed by atoms with Gasteiger partial charge in [-0.3, -0.25) is 19.2 Å². The number of benzene rings is 1. The van der Waals surface area contributed by atoms with Gasteiger partial charge in [-0.05, 0) is 37.1 Å². The van der Waals surface area contributed by atoms with Crippen molar-refractivity contribution in [1.29, 1.82) is 0 Å². The zero-order valence-corrected chi connectivity index (χ0v) is 28.9. The number of hydrogen-bond acceptors (Lipinski definition) is 14. The zero-order valence-electron chi connectivity index (χ0n) is 28.9. The van der Waals surface area contributed by atoms with Gasteiger partial charge < -0.3 is 39.3 Å². The van der Waals surface area contributed by atoms with Crippen LogP contribution in [-0.4, -0.2) is 94.5 Å². The third-order valence-electron chi connectivity index (χ3n) is 10.00. The molecule has 2 N–H and O–H groups in total. The first kappa shape index (κ1) is 36.2. The number of nitrogens with zero attached hydrogens (tertiary/aromatic N) is 2. The number of carbonyl (C=O) groups excluding carboxylic acids is 8. The van der Waals surface area contributed by atoms with Crippen molar-refractivity contribution in [3.05, 3.63) is 84.0 Å². The molecule has 0 aliphatic carbocycles. The number of ether oxygens (including phenoxy) is 4. The van der Waals surface area contributed by atoms with Crippen molar-refractivity contribution in [3.8, 4) is 0 Å². The summed E-state index contributed by atoms with van der Waals surface area (Å²) in [4.78, 5) is 112. The van der Waals surface area contributed by atoms with E-state index in [9.17, 15) is 38.4 Å². The van der Waals surface area contributed by atoms with Crippen molar-refractivity contribution in [1.82, 2.24) is 20.8 Å². The average Bonchev–Trinajstić information content (AvgIpc) is 3.99. The summed E-state index contributed by atoms with van der Waals surface area (Å²) in [6.45, 7) is 9.08. The van der Waals surface area contributed by atoms with E-state index in [1.54, 1.807) is 48.6 Å². The molecule has 18 nitrogen and oxygen atoms in total. The molecule has 4 bridgehead atoms. The Balaban J connectivity index is 0.893. The standard InChI is InChI=1S/C36H34N4O14/c1-17(2)31(45)49-15-35-10-8-21(51-35)23-25(35)29(43)39(27(23)41)53-33(47)37-13-19-6-5-7-20(12-19)14-38-34(48)54-40-28(42)24-22-9-11-36(52-22,26(24)30(40)44)16-50-32(46)18(3)4/h5-12,21-26H,1,3,13-16H2,2,4H3,(H,37,47)(H,38,48). The van der Waals surface area contributed by atoms with Crippen LogP contribution in [0.3, 0.4) is 0 Å². The number of imide groups is 2. The lowest BCUT2D eigenvalue weighted by Gasteiger charge is -2.27. The molecule has 7 rings (SSSR count). The van der Waals surface area contributed by atoms with Gasteiger partial charge in [-0.25, -0.2) is 19.2 Å². The van der Waals surface area contributed by atoms with Crippen LogP contribution in [0, 0.1) is 23.7 Å². The van der Waals surface area contributed by atoms with Gasteiger partial charge >= 0.3 is 24.1 Å². The minimum atomic E-state index is -1.39. The van der Waals surface area contributed by atoms with E-state index >= 15 is 0 Å². The number of hydroxylamine groups is 4. The summed E-state index contributed by atoms with van der Waals surface area (Å²) in [5, 5.41) is 5.71. The molecule has 8 atom stereocenters. The van der Waals surface area contributed by atoms with Crippen LogP contribution < -0.4 is 10.6 Å². The summed E-state index contributed by atoms with van der Waals surface area (Å²) in [5.41, 5.74) is -1.40. The minimum Gasteiger partial charge on any atom is -0.459 e. The molecule has 6 amide bonds. The Hall–Kier alpha value is -6.14. The van der Waals surface area contributed by atoms with Crippen LogP contribution in [0.4, 0.5) is 9.59 Å². The molecule has 6 heterocycles. The van der Waals surface area contributed by atoms with Crippen LogP contribution in [0.5, 0.6) is 0 Å². The second-order valence-electron chi connectivity index (χ2n) is 13.7. The highest BCUT2D eigenvalue weighted by atomic mass is 16.7. The van der Waals surface area contributed by atoms with Crippen LogP contribution in [-0.2, 0) is 70.5 Å². The molecular weight excluding hydrogens is 712 g/mol. The van der Waals surface area contributed by atoms with Gasteiger partial charge in [-0.15, -0.1) is 10.1 Å². The lowest BCUT2D eigenvalue weighted by Crippen LogP contribution is -2.45. The molecule has 0 radical (unpaired) electrons. The monoisotopic (exact) mass is 746 g/mol. The summed E-state index contributed by atoms with van der Waals surface area (Å²) in [5.74, 6) is -8.64. The first-order valence-electron chi connectivity index (χ1n) is 16.8. The Morgan fingerprint density at radius 3 is 1.50 bits per heavy atom. The fraction of sp³-hybridized carbons (Fsp3) is 0.389. The Kier molecular flexibility index (Phi) is 8.97. The summed E-state index contributed by atoms with van der Waals surface area (Å²) in [6.07, 6.45) is 2.60. The highest BCUT2D eigenvalue weighted by Gasteiger charge is 2.70. The molecule has 4 saturated heterocycles. The molecule has 4 fully saturated rings. The molecule has 0 spiro atoms. The van der Waals surface area contributed by atoms with Crippen LogP contribution >= 0.6 is 0 Å². The SMILES string of the molecule is C=C(C)C(=O)OCC12C=CC(O1)C1C(=O)N(OC(=O)NCc3cccc(CNC(=O)ON4C(=O)C5C6C=CC(COC(=O)C(=C)C)(O6)C5C4=O)c3)C(=O)C12. The smallest absolute Gasteiger partial charge is 0.432 e. The van der Waals surface area contributed by atoms with Gasteiger partial charge in [-0.1, -0.05) is 49.6 Å². The summed E-state index contributed by atoms with van der Waals surface area (Å²) < 4.78 is 22.2. The van der Waals surface area contributed by atoms with E-state index in [-0.39, 0.29) is 37.4 Å². The summed E-state index contributed by atoms with van der Waals surface area (Å²) in [7, 11) is 0. The van der Waals surface area contributed by atoms with E-state index in [2.05, 4.69) is 23.8 Å². The molecule has 0 saturated carbocycles. The maximum absolute atomic E-state index is 13.3. The van der Waals surface area contributed by atoms with Gasteiger partial charge in [0.1, 0.15) is 24.4 Å². The molecule has 6 aliphatic heterocycles. The number of nitrogens with one attached hydrogen (secondary N) is 2. The van der Waals surface area contributed by atoms with E-state index in [1.165, 1.54) is 13.8 Å². The van der Waals surface area contributed by atoms with E-state index < -0.39 is 94.8 Å². The Morgan fingerprint density at radius 1 is 0.704 bits per heavy atom. The zero-order chi connectivity index (χ0) is 38.7. The van der Waals surface area contributed by atoms with E-state index in [0.29, 0.717) is 21.3 Å². The number of hydrogen-bond donors (Lipinski definition) is 2. The lowest BCUT2D eigenvalue weighted by molar-refractivity contribution is -0.180. The van der Waals surface area contributed by atoms with Crippen molar-refractivity contribution < 1.29 is 67.0 Å². The van der Waals surface area contributed by atoms with Crippen molar-refractivity contribution in [2.24, 2.45) is 23.7 Å². The van der Waals surface area contributed by atoms with Crippen LogP contribution in [0.1, 0.15) is 25.0 Å². The van der Waals surface area contributed by atoms with Crippen molar-refractivity contribution >= 4 is 47.8 Å². The second kappa shape index (κ2) is 13.4. The fourth-order valence-corrected chi connectivity index (χ4v) is 7.49. The fourth-order valence-electron chi connectivity index (χ4n) is 7.49. The number of fused-ring (bicyclic) bond motifs is 10. The number of amides is 6. The molecule has 18 heteroatoms. The molecule has 8 unspecified atom stereocenters. The third-order valence-corrected chi connectivity index (χ3v) is 10.00. The number of esters is 2. The van der Waals surface area contributed by atoms with Crippen LogP contribution in [0.2, 0.25) is 0 Å². The third kappa shape index (κ3) is 6.02. The van der Waals surface area contributed by atoms with Crippen molar-refractivity contribution in [2.45, 2.75) is 50.3 Å². The van der Waals surface area contributed by atoms with Crippen molar-refractivity contribution in [3.63, 3.8) is 0 Å². The molecule has 1 aromatic rings. The summed E-state index contributed by atoms with van der Waals surface area (Å²) >= 11 is 0. The quantitative estimate of drug-likeness (QED) is 0.131. The van der Waals surface area contributed by atoms with Crippen molar-refractivity contribution in [2.75, 3.05) is 13.2 Å². The van der Waals surface area contributed by atoms with Gasteiger partial charge in [0.15, 0.2) is 0 Å². The van der Waals surface area contributed by atoms with Gasteiger partial charge in [0, 0.05) is 24.2 Å². The Morgan fingerprint density at radius 2 is 1.11 bits per heavy atom. The molecule has 6 aliphatic rings. The number of rotatable bonds is 12. The highest BCUT2D eigenvalue weighted by Crippen LogP contribution is 2.53. The summed E-state index contributed by atoms with van der Waals surface area (Å²) in [6, 6.07) is 6.58. The van der Waals surface area contributed by atoms with Gasteiger partial charge in [0.2, 0.25) is 0 Å². The molecule has 282 valence electrons. The average molecular weight is 747 g/mol. The molecule has 54 heavy (non-hydrogen) atoms. The van der Waals surface area contributed by atoms with E-state index in [4.69, 9.17) is 28.6 Å². The number of carbonyl (C=O) groups is 8.